The van der Waals surface area contributed by atoms with Crippen LogP contribution in [0.4, 0.5) is 0 Å². The Morgan fingerprint density at radius 3 is 2.68 bits per heavy atom. The van der Waals surface area contributed by atoms with Gasteiger partial charge in [0.2, 0.25) is 10.0 Å². The summed E-state index contributed by atoms with van der Waals surface area (Å²) in [6, 6.07) is 12.7. The van der Waals surface area contributed by atoms with Crippen molar-refractivity contribution in [2.45, 2.75) is 43.7 Å². The van der Waals surface area contributed by atoms with Gasteiger partial charge in [-0.2, -0.15) is 0 Å². The fourth-order valence-corrected chi connectivity index (χ4v) is 4.33. The molecule has 7 heteroatoms. The van der Waals surface area contributed by atoms with E-state index in [1.807, 2.05) is 48.9 Å². The van der Waals surface area contributed by atoms with Gasteiger partial charge in [0.25, 0.3) is 0 Å². The van der Waals surface area contributed by atoms with E-state index < -0.39 is 10.0 Å². The quantitative estimate of drug-likeness (QED) is 0.716. The molecule has 0 radical (unpaired) electrons. The van der Waals surface area contributed by atoms with E-state index in [2.05, 4.69) is 9.71 Å². The molecule has 1 aliphatic rings. The van der Waals surface area contributed by atoms with Crippen LogP contribution in [0.3, 0.4) is 0 Å². The van der Waals surface area contributed by atoms with Crippen LogP contribution in [0.15, 0.2) is 66.1 Å². The predicted octanol–water partition coefficient (Wildman–Crippen LogP) is 3.45. The van der Waals surface area contributed by atoms with Crippen LogP contribution in [0.2, 0.25) is 0 Å². The minimum absolute atomic E-state index is 0.214. The fourth-order valence-electron chi connectivity index (χ4n) is 3.26. The lowest BCUT2D eigenvalue weighted by molar-refractivity contribution is 0.0845. The zero-order chi connectivity index (χ0) is 19.8. The van der Waals surface area contributed by atoms with Crippen LogP contribution in [0.5, 0.6) is 5.75 Å². The number of aromatic nitrogens is 2. The Labute approximate surface area is 165 Å². The van der Waals surface area contributed by atoms with Crippen LogP contribution in [-0.2, 0) is 23.0 Å². The third kappa shape index (κ3) is 3.95. The summed E-state index contributed by atoms with van der Waals surface area (Å²) in [4.78, 5) is 4.29. The van der Waals surface area contributed by atoms with E-state index in [-0.39, 0.29) is 17.0 Å². The van der Waals surface area contributed by atoms with Crippen molar-refractivity contribution >= 4 is 10.0 Å². The molecule has 1 aromatic heterocycles. The maximum Gasteiger partial charge on any atom is 0.240 e. The first-order valence-electron chi connectivity index (χ1n) is 9.21. The van der Waals surface area contributed by atoms with Crippen molar-refractivity contribution in [1.29, 1.82) is 0 Å². The second kappa shape index (κ2) is 7.07. The second-order valence-electron chi connectivity index (χ2n) is 7.59. The van der Waals surface area contributed by atoms with E-state index in [1.165, 1.54) is 0 Å². The molecular weight excluding hydrogens is 374 g/mol. The minimum Gasteiger partial charge on any atom is -0.488 e. The number of fused-ring (bicyclic) bond motifs is 1. The number of benzene rings is 2. The second-order valence-corrected chi connectivity index (χ2v) is 9.36. The Hall–Kier alpha value is -2.64. The standard InChI is InChI=1S/C21H23N3O3S/c1-21(2)10-9-17-13-19(7-8-20(17)27-21)28(25,26)23-14-16-3-5-18(6-4-16)24-12-11-22-15-24/h3-8,11-13,15,23H,9-10,14H2,1-2H3. The molecule has 0 fully saturated rings. The van der Waals surface area contributed by atoms with Crippen molar-refractivity contribution in [3.05, 3.63) is 72.3 Å². The first-order chi connectivity index (χ1) is 13.3. The van der Waals surface area contributed by atoms with Crippen molar-refractivity contribution in [2.24, 2.45) is 0 Å². The fraction of sp³-hybridized carbons (Fsp3) is 0.286. The van der Waals surface area contributed by atoms with Gasteiger partial charge in [-0.25, -0.2) is 18.1 Å². The van der Waals surface area contributed by atoms with E-state index in [9.17, 15) is 8.42 Å². The number of rotatable bonds is 5. The molecule has 2 aromatic carbocycles. The summed E-state index contributed by atoms with van der Waals surface area (Å²) in [6.45, 7) is 4.31. The van der Waals surface area contributed by atoms with Gasteiger partial charge in [0.05, 0.1) is 11.2 Å². The van der Waals surface area contributed by atoms with Crippen molar-refractivity contribution in [2.75, 3.05) is 0 Å². The Morgan fingerprint density at radius 1 is 1.18 bits per heavy atom. The monoisotopic (exact) mass is 397 g/mol. The van der Waals surface area contributed by atoms with E-state index in [1.54, 1.807) is 30.7 Å². The van der Waals surface area contributed by atoms with Gasteiger partial charge in [-0.1, -0.05) is 12.1 Å². The number of nitrogens with zero attached hydrogens (tertiary/aromatic N) is 2. The van der Waals surface area contributed by atoms with E-state index in [0.717, 1.165) is 35.4 Å². The summed E-state index contributed by atoms with van der Waals surface area (Å²) in [7, 11) is -3.59. The highest BCUT2D eigenvalue weighted by Crippen LogP contribution is 2.34. The van der Waals surface area contributed by atoms with Crippen LogP contribution in [0.1, 0.15) is 31.4 Å². The summed E-state index contributed by atoms with van der Waals surface area (Å²) in [5.41, 5.74) is 2.58. The number of nitrogens with one attached hydrogen (secondary N) is 1. The van der Waals surface area contributed by atoms with Crippen LogP contribution >= 0.6 is 0 Å². The number of ether oxygens (including phenoxy) is 1. The zero-order valence-electron chi connectivity index (χ0n) is 15.9. The van der Waals surface area contributed by atoms with E-state index in [4.69, 9.17) is 4.74 Å². The lowest BCUT2D eigenvalue weighted by Gasteiger charge is -2.32. The molecule has 1 N–H and O–H groups in total. The van der Waals surface area contributed by atoms with Gasteiger partial charge < -0.3 is 9.30 Å². The van der Waals surface area contributed by atoms with Gasteiger partial charge >= 0.3 is 0 Å². The molecule has 28 heavy (non-hydrogen) atoms. The zero-order valence-corrected chi connectivity index (χ0v) is 16.7. The lowest BCUT2D eigenvalue weighted by Crippen LogP contribution is -2.32. The molecule has 0 unspecified atom stereocenters. The van der Waals surface area contributed by atoms with Gasteiger partial charge in [0.15, 0.2) is 0 Å². The Kier molecular flexibility index (Phi) is 4.72. The summed E-state index contributed by atoms with van der Waals surface area (Å²) >= 11 is 0. The van der Waals surface area contributed by atoms with Crippen molar-refractivity contribution in [3.63, 3.8) is 0 Å². The predicted molar refractivity (Wildman–Crippen MR) is 107 cm³/mol. The molecule has 0 aliphatic carbocycles. The number of imidazole rings is 1. The minimum atomic E-state index is -3.59. The normalized spacial score (nSPS) is 15.6. The van der Waals surface area contributed by atoms with Gasteiger partial charge in [-0.05, 0) is 68.1 Å². The molecule has 1 aliphatic heterocycles. The highest BCUT2D eigenvalue weighted by Gasteiger charge is 2.27. The van der Waals surface area contributed by atoms with E-state index in [0.29, 0.717) is 0 Å². The lowest BCUT2D eigenvalue weighted by atomic mass is 9.94. The molecule has 0 atom stereocenters. The Balaban J connectivity index is 1.46. The Bertz CT molecular complexity index is 1070. The largest absolute Gasteiger partial charge is 0.488 e. The third-order valence-electron chi connectivity index (χ3n) is 4.93. The van der Waals surface area contributed by atoms with Crippen molar-refractivity contribution in [3.8, 4) is 11.4 Å². The molecule has 4 rings (SSSR count). The average molecular weight is 398 g/mol. The van der Waals surface area contributed by atoms with Crippen molar-refractivity contribution < 1.29 is 13.2 Å². The van der Waals surface area contributed by atoms with Crippen LogP contribution < -0.4 is 9.46 Å². The average Bonchev–Trinajstić information content (AvgIpc) is 3.20. The number of hydrogen-bond acceptors (Lipinski definition) is 4. The molecule has 0 saturated carbocycles. The summed E-state index contributed by atoms with van der Waals surface area (Å²) < 4.78 is 35.9. The Morgan fingerprint density at radius 2 is 1.96 bits per heavy atom. The highest BCUT2D eigenvalue weighted by atomic mass is 32.2. The topological polar surface area (TPSA) is 73.2 Å². The van der Waals surface area contributed by atoms with E-state index >= 15 is 0 Å². The van der Waals surface area contributed by atoms with Crippen LogP contribution in [0.25, 0.3) is 5.69 Å². The highest BCUT2D eigenvalue weighted by molar-refractivity contribution is 7.89. The van der Waals surface area contributed by atoms with Gasteiger partial charge in [-0.3, -0.25) is 0 Å². The summed E-state index contributed by atoms with van der Waals surface area (Å²) in [6.07, 6.45) is 6.96. The first-order valence-corrected chi connectivity index (χ1v) is 10.7. The molecule has 0 spiro atoms. The summed E-state index contributed by atoms with van der Waals surface area (Å²) in [5, 5.41) is 0. The number of aryl methyl sites for hydroxylation is 1. The molecule has 6 nitrogen and oxygen atoms in total. The molecule has 0 saturated heterocycles. The molecule has 0 bridgehead atoms. The third-order valence-corrected chi connectivity index (χ3v) is 6.33. The first kappa shape index (κ1) is 18.7. The van der Waals surface area contributed by atoms with Crippen LogP contribution in [-0.4, -0.2) is 23.6 Å². The van der Waals surface area contributed by atoms with Crippen LogP contribution in [0, 0.1) is 0 Å². The maximum absolute atomic E-state index is 12.7. The molecule has 2 heterocycles. The maximum atomic E-state index is 12.7. The molecular formula is C21H23N3O3S. The number of sulfonamides is 1. The van der Waals surface area contributed by atoms with Gasteiger partial charge in [-0.15, -0.1) is 0 Å². The van der Waals surface area contributed by atoms with Gasteiger partial charge in [0, 0.05) is 24.6 Å². The molecule has 146 valence electrons. The molecule has 0 amide bonds. The SMILES string of the molecule is CC1(C)CCc2cc(S(=O)(=O)NCc3ccc(-n4ccnc4)cc3)ccc2O1. The smallest absolute Gasteiger partial charge is 0.240 e. The van der Waals surface area contributed by atoms with Crippen molar-refractivity contribution in [1.82, 2.24) is 14.3 Å². The van der Waals surface area contributed by atoms with Gasteiger partial charge in [0.1, 0.15) is 11.4 Å². The summed E-state index contributed by atoms with van der Waals surface area (Å²) in [5.74, 6) is 0.769. The number of hydrogen-bond donors (Lipinski definition) is 1. The molecule has 3 aromatic rings.